The van der Waals surface area contributed by atoms with Crippen molar-refractivity contribution in [1.82, 2.24) is 0 Å². The molecule has 90 valence electrons. The summed E-state index contributed by atoms with van der Waals surface area (Å²) in [5.41, 5.74) is 0. The van der Waals surface area contributed by atoms with E-state index in [1.165, 1.54) is 0 Å². The van der Waals surface area contributed by atoms with E-state index in [1.807, 2.05) is 0 Å². The van der Waals surface area contributed by atoms with Crippen molar-refractivity contribution >= 4 is 0 Å². The average molecular weight is 228 g/mol. The quantitative estimate of drug-likeness (QED) is 0.736. The molecule has 0 aliphatic heterocycles. The summed E-state index contributed by atoms with van der Waals surface area (Å²) in [5, 5.41) is 8.83. The molecule has 15 heavy (non-hydrogen) atoms. The van der Waals surface area contributed by atoms with E-state index in [0.717, 1.165) is 0 Å². The second kappa shape index (κ2) is 5.14. The Hall–Kier alpha value is -0.320. The van der Waals surface area contributed by atoms with Crippen LogP contribution in [0.5, 0.6) is 0 Å². The lowest BCUT2D eigenvalue weighted by Gasteiger charge is -2.28. The first-order chi connectivity index (χ1) is 6.93. The SMILES string of the molecule is OCC1CCC(CC(F)C(F)(F)F)CC1. The minimum atomic E-state index is -4.71. The molecular weight excluding hydrogens is 212 g/mol. The Bertz CT molecular complexity index is 184. The Balaban J connectivity index is 2.29. The van der Waals surface area contributed by atoms with E-state index in [1.54, 1.807) is 0 Å². The average Bonchev–Trinajstić information content (AvgIpc) is 2.17. The molecular formula is C10H16F4O. The van der Waals surface area contributed by atoms with Crippen LogP contribution in [-0.4, -0.2) is 24.1 Å². The highest BCUT2D eigenvalue weighted by atomic mass is 19.4. The summed E-state index contributed by atoms with van der Waals surface area (Å²) in [5.74, 6) is 0.0228. The summed E-state index contributed by atoms with van der Waals surface area (Å²) in [6.07, 6.45) is -5.19. The molecule has 1 rings (SSSR count). The van der Waals surface area contributed by atoms with E-state index in [2.05, 4.69) is 0 Å². The first kappa shape index (κ1) is 12.7. The number of halogens is 4. The molecule has 0 radical (unpaired) electrons. The zero-order valence-corrected chi connectivity index (χ0v) is 8.43. The second-order valence-corrected chi connectivity index (χ2v) is 4.31. The second-order valence-electron chi connectivity index (χ2n) is 4.31. The molecule has 0 spiro atoms. The molecule has 0 aromatic rings. The zero-order chi connectivity index (χ0) is 11.5. The van der Waals surface area contributed by atoms with Crippen molar-refractivity contribution in [2.45, 2.75) is 44.5 Å². The van der Waals surface area contributed by atoms with Gasteiger partial charge in [0.05, 0.1) is 0 Å². The summed E-state index contributed by atoms with van der Waals surface area (Å²) in [6, 6.07) is 0. The Morgan fingerprint density at radius 2 is 1.53 bits per heavy atom. The number of aliphatic hydroxyl groups is 1. The van der Waals surface area contributed by atoms with Crippen molar-refractivity contribution in [2.75, 3.05) is 6.61 Å². The standard InChI is InChI=1S/C10H16F4O/c11-9(10(12,13)14)5-7-1-3-8(6-15)4-2-7/h7-9,15H,1-6H2. The maximum absolute atomic E-state index is 12.7. The fourth-order valence-electron chi connectivity index (χ4n) is 2.08. The predicted molar refractivity (Wildman–Crippen MR) is 48.1 cm³/mol. The highest BCUT2D eigenvalue weighted by Gasteiger charge is 2.41. The number of hydrogen-bond donors (Lipinski definition) is 1. The van der Waals surface area contributed by atoms with Crippen LogP contribution in [0.25, 0.3) is 0 Å². The summed E-state index contributed by atoms with van der Waals surface area (Å²) in [7, 11) is 0. The first-order valence-corrected chi connectivity index (χ1v) is 5.25. The van der Waals surface area contributed by atoms with Gasteiger partial charge in [-0.2, -0.15) is 13.2 Å². The van der Waals surface area contributed by atoms with Crippen LogP contribution in [0.1, 0.15) is 32.1 Å². The van der Waals surface area contributed by atoms with E-state index < -0.39 is 18.8 Å². The summed E-state index contributed by atoms with van der Waals surface area (Å²) >= 11 is 0. The maximum atomic E-state index is 12.7. The largest absolute Gasteiger partial charge is 0.419 e. The van der Waals surface area contributed by atoms with Gasteiger partial charge in [0.2, 0.25) is 0 Å². The van der Waals surface area contributed by atoms with Crippen molar-refractivity contribution in [3.05, 3.63) is 0 Å². The Labute approximate surface area is 86.5 Å². The molecule has 1 unspecified atom stereocenters. The summed E-state index contributed by atoms with van der Waals surface area (Å²) in [4.78, 5) is 0. The monoisotopic (exact) mass is 228 g/mol. The van der Waals surface area contributed by atoms with Gasteiger partial charge in [-0.3, -0.25) is 0 Å². The molecule has 1 fully saturated rings. The minimum absolute atomic E-state index is 0.0883. The Kier molecular flexibility index (Phi) is 4.37. The molecule has 0 aromatic carbocycles. The summed E-state index contributed by atoms with van der Waals surface area (Å²) < 4.78 is 48.5. The van der Waals surface area contributed by atoms with Crippen LogP contribution in [0.3, 0.4) is 0 Å². The van der Waals surface area contributed by atoms with Gasteiger partial charge in [-0.15, -0.1) is 0 Å². The van der Waals surface area contributed by atoms with Gasteiger partial charge in [0.15, 0.2) is 6.17 Å². The third-order valence-corrected chi connectivity index (χ3v) is 3.12. The molecule has 0 bridgehead atoms. The van der Waals surface area contributed by atoms with E-state index >= 15 is 0 Å². The third kappa shape index (κ3) is 3.97. The molecule has 1 atom stereocenters. The number of alkyl halides is 4. The molecule has 5 heteroatoms. The highest BCUT2D eigenvalue weighted by Crippen LogP contribution is 2.35. The van der Waals surface area contributed by atoms with Crippen molar-refractivity contribution in [2.24, 2.45) is 11.8 Å². The van der Waals surface area contributed by atoms with Crippen molar-refractivity contribution in [3.63, 3.8) is 0 Å². The lowest BCUT2D eigenvalue weighted by Crippen LogP contribution is -2.28. The van der Waals surface area contributed by atoms with Crippen LogP contribution < -0.4 is 0 Å². The van der Waals surface area contributed by atoms with Gasteiger partial charge in [-0.25, -0.2) is 4.39 Å². The maximum Gasteiger partial charge on any atom is 0.419 e. The Morgan fingerprint density at radius 3 is 1.93 bits per heavy atom. The molecule has 1 N–H and O–H groups in total. The zero-order valence-electron chi connectivity index (χ0n) is 8.43. The van der Waals surface area contributed by atoms with E-state index in [4.69, 9.17) is 5.11 Å². The molecule has 1 aliphatic rings. The predicted octanol–water partition coefficient (Wildman–Crippen LogP) is 3.08. The van der Waals surface area contributed by atoms with Gasteiger partial charge >= 0.3 is 6.18 Å². The van der Waals surface area contributed by atoms with Gasteiger partial charge in [0.25, 0.3) is 0 Å². The van der Waals surface area contributed by atoms with Gasteiger partial charge in [0.1, 0.15) is 0 Å². The fraction of sp³-hybridized carbons (Fsp3) is 1.00. The van der Waals surface area contributed by atoms with Crippen LogP contribution in [0, 0.1) is 11.8 Å². The van der Waals surface area contributed by atoms with Crippen LogP contribution in [0.15, 0.2) is 0 Å². The Morgan fingerprint density at radius 1 is 1.07 bits per heavy atom. The first-order valence-electron chi connectivity index (χ1n) is 5.25. The molecule has 0 amide bonds. The third-order valence-electron chi connectivity index (χ3n) is 3.12. The fourth-order valence-corrected chi connectivity index (χ4v) is 2.08. The molecule has 1 nitrogen and oxygen atoms in total. The van der Waals surface area contributed by atoms with Crippen molar-refractivity contribution in [1.29, 1.82) is 0 Å². The van der Waals surface area contributed by atoms with Gasteiger partial charge < -0.3 is 5.11 Å². The molecule has 0 saturated heterocycles. The normalized spacial score (nSPS) is 30.2. The number of hydrogen-bond acceptors (Lipinski definition) is 1. The van der Waals surface area contributed by atoms with E-state index in [-0.39, 0.29) is 18.4 Å². The molecule has 1 saturated carbocycles. The lowest BCUT2D eigenvalue weighted by atomic mass is 9.80. The van der Waals surface area contributed by atoms with Crippen LogP contribution in [0.2, 0.25) is 0 Å². The van der Waals surface area contributed by atoms with Gasteiger partial charge in [-0.1, -0.05) is 0 Å². The molecule has 0 aromatic heterocycles. The van der Waals surface area contributed by atoms with Gasteiger partial charge in [0, 0.05) is 6.61 Å². The van der Waals surface area contributed by atoms with Crippen LogP contribution >= 0.6 is 0 Å². The lowest BCUT2D eigenvalue weighted by molar-refractivity contribution is -0.185. The summed E-state index contributed by atoms with van der Waals surface area (Å²) in [6.45, 7) is 0.0883. The van der Waals surface area contributed by atoms with Crippen LogP contribution in [0.4, 0.5) is 17.6 Å². The van der Waals surface area contributed by atoms with Gasteiger partial charge in [-0.05, 0) is 43.9 Å². The minimum Gasteiger partial charge on any atom is -0.396 e. The molecule has 0 heterocycles. The van der Waals surface area contributed by atoms with E-state index in [9.17, 15) is 17.6 Å². The molecule has 1 aliphatic carbocycles. The topological polar surface area (TPSA) is 20.2 Å². The number of aliphatic hydroxyl groups excluding tert-OH is 1. The van der Waals surface area contributed by atoms with E-state index in [0.29, 0.717) is 25.7 Å². The van der Waals surface area contributed by atoms with Crippen molar-refractivity contribution in [3.8, 4) is 0 Å². The van der Waals surface area contributed by atoms with Crippen molar-refractivity contribution < 1.29 is 22.7 Å². The smallest absolute Gasteiger partial charge is 0.396 e. The number of rotatable bonds is 3. The highest BCUT2D eigenvalue weighted by molar-refractivity contribution is 4.77. The van der Waals surface area contributed by atoms with Crippen LogP contribution in [-0.2, 0) is 0 Å².